The van der Waals surface area contributed by atoms with Crippen LogP contribution in [0.3, 0.4) is 0 Å². The lowest BCUT2D eigenvalue weighted by Crippen LogP contribution is -2.00. The van der Waals surface area contributed by atoms with Gasteiger partial charge < -0.3 is 9.84 Å². The Balaban J connectivity index is 1.87. The van der Waals surface area contributed by atoms with Gasteiger partial charge in [-0.15, -0.1) is 0 Å². The van der Waals surface area contributed by atoms with E-state index in [1.165, 1.54) is 0 Å². The first-order valence-electron chi connectivity index (χ1n) is 9.90. The van der Waals surface area contributed by atoms with E-state index in [2.05, 4.69) is 9.97 Å². The number of aromatic hydroxyl groups is 1. The molecule has 5 nitrogen and oxygen atoms in total. The molecule has 4 aromatic rings. The molecule has 150 valence electrons. The topological polar surface area (TPSA) is 68.1 Å². The third-order valence-electron chi connectivity index (χ3n) is 4.78. The molecule has 30 heavy (non-hydrogen) atoms. The second-order valence-electron chi connectivity index (χ2n) is 7.15. The van der Waals surface area contributed by atoms with E-state index in [0.717, 1.165) is 22.3 Å². The summed E-state index contributed by atoms with van der Waals surface area (Å²) < 4.78 is 5.47. The molecule has 0 saturated heterocycles. The van der Waals surface area contributed by atoms with Crippen molar-refractivity contribution in [2.24, 2.45) is 0 Å². The highest BCUT2D eigenvalue weighted by atomic mass is 16.5. The number of hydrogen-bond acceptors (Lipinski definition) is 5. The van der Waals surface area contributed by atoms with E-state index in [0.29, 0.717) is 35.4 Å². The number of ether oxygens (including phenoxy) is 1. The average Bonchev–Trinajstić information content (AvgIpc) is 2.75. The zero-order valence-electron chi connectivity index (χ0n) is 17.3. The molecule has 0 aliphatic carbocycles. The smallest absolute Gasteiger partial charge is 0.167 e. The first kappa shape index (κ1) is 19.6. The third kappa shape index (κ3) is 4.15. The summed E-state index contributed by atoms with van der Waals surface area (Å²) >= 11 is 0. The van der Waals surface area contributed by atoms with Crippen molar-refractivity contribution >= 4 is 0 Å². The highest BCUT2D eigenvalue weighted by molar-refractivity contribution is 5.70. The summed E-state index contributed by atoms with van der Waals surface area (Å²) in [5.41, 5.74) is 4.64. The molecular weight excluding hydrogens is 374 g/mol. The minimum Gasteiger partial charge on any atom is -0.507 e. The van der Waals surface area contributed by atoms with Crippen molar-refractivity contribution in [3.05, 3.63) is 77.9 Å². The van der Waals surface area contributed by atoms with Crippen LogP contribution in [0.25, 0.3) is 34.2 Å². The molecule has 0 radical (unpaired) electrons. The van der Waals surface area contributed by atoms with Gasteiger partial charge in [0, 0.05) is 17.2 Å². The van der Waals surface area contributed by atoms with Crippen molar-refractivity contribution in [2.45, 2.75) is 20.8 Å². The highest BCUT2D eigenvalue weighted by Crippen LogP contribution is 2.32. The molecule has 0 saturated carbocycles. The van der Waals surface area contributed by atoms with Crippen LogP contribution < -0.4 is 4.74 Å². The summed E-state index contributed by atoms with van der Waals surface area (Å²) in [5.74, 6) is 2.20. The summed E-state index contributed by atoms with van der Waals surface area (Å²) in [6.45, 7) is 6.51. The van der Waals surface area contributed by atoms with E-state index in [1.54, 1.807) is 18.2 Å². The standard InChI is InChI=1S/C25H23N3O2/c1-4-30-20-13-14-21(22(29)15-20)25-27-23(18-9-5-16(2)6-10-18)26-24(28-25)19-11-7-17(3)8-12-19/h5-15,29H,4H2,1-3H3. The largest absolute Gasteiger partial charge is 0.507 e. The van der Waals surface area contributed by atoms with Crippen molar-refractivity contribution < 1.29 is 9.84 Å². The number of hydrogen-bond donors (Lipinski definition) is 1. The predicted octanol–water partition coefficient (Wildman–Crippen LogP) is 5.59. The van der Waals surface area contributed by atoms with Gasteiger partial charge in [-0.3, -0.25) is 0 Å². The van der Waals surface area contributed by atoms with Gasteiger partial charge in [0.15, 0.2) is 17.5 Å². The van der Waals surface area contributed by atoms with Gasteiger partial charge in [0.25, 0.3) is 0 Å². The van der Waals surface area contributed by atoms with Crippen molar-refractivity contribution in [3.63, 3.8) is 0 Å². The number of phenolic OH excluding ortho intramolecular Hbond substituents is 1. The minimum atomic E-state index is 0.0665. The van der Waals surface area contributed by atoms with Gasteiger partial charge in [-0.05, 0) is 32.9 Å². The monoisotopic (exact) mass is 397 g/mol. The number of nitrogens with zero attached hydrogens (tertiary/aromatic N) is 3. The zero-order valence-corrected chi connectivity index (χ0v) is 17.3. The number of phenols is 1. The molecule has 0 atom stereocenters. The number of aryl methyl sites for hydroxylation is 2. The van der Waals surface area contributed by atoms with Crippen LogP contribution in [0.2, 0.25) is 0 Å². The lowest BCUT2D eigenvalue weighted by molar-refractivity contribution is 0.338. The molecule has 3 aromatic carbocycles. The van der Waals surface area contributed by atoms with Gasteiger partial charge >= 0.3 is 0 Å². The molecule has 1 N–H and O–H groups in total. The van der Waals surface area contributed by atoms with E-state index in [1.807, 2.05) is 69.3 Å². The van der Waals surface area contributed by atoms with Gasteiger partial charge in [-0.25, -0.2) is 15.0 Å². The van der Waals surface area contributed by atoms with Crippen LogP contribution in [0.1, 0.15) is 18.1 Å². The molecule has 0 spiro atoms. The number of aromatic nitrogens is 3. The van der Waals surface area contributed by atoms with E-state index in [-0.39, 0.29) is 5.75 Å². The van der Waals surface area contributed by atoms with Crippen LogP contribution in [0.5, 0.6) is 11.5 Å². The molecular formula is C25H23N3O2. The molecule has 1 aromatic heterocycles. The maximum absolute atomic E-state index is 10.6. The lowest BCUT2D eigenvalue weighted by Gasteiger charge is -2.11. The fraction of sp³-hybridized carbons (Fsp3) is 0.160. The second-order valence-corrected chi connectivity index (χ2v) is 7.15. The Morgan fingerprint density at radius 1 is 0.700 bits per heavy atom. The van der Waals surface area contributed by atoms with Crippen LogP contribution >= 0.6 is 0 Å². The van der Waals surface area contributed by atoms with E-state index < -0.39 is 0 Å². The first-order valence-corrected chi connectivity index (χ1v) is 9.90. The summed E-state index contributed by atoms with van der Waals surface area (Å²) in [6, 6.07) is 21.2. The summed E-state index contributed by atoms with van der Waals surface area (Å²) in [4.78, 5) is 14.0. The van der Waals surface area contributed by atoms with Crippen LogP contribution in [-0.4, -0.2) is 26.7 Å². The molecule has 4 rings (SSSR count). The first-order chi connectivity index (χ1) is 14.5. The van der Waals surface area contributed by atoms with Crippen LogP contribution in [-0.2, 0) is 0 Å². The summed E-state index contributed by atoms with van der Waals surface area (Å²) in [7, 11) is 0. The van der Waals surface area contributed by atoms with E-state index in [9.17, 15) is 5.11 Å². The zero-order chi connectivity index (χ0) is 21.1. The highest BCUT2D eigenvalue weighted by Gasteiger charge is 2.15. The Morgan fingerprint density at radius 3 is 1.67 bits per heavy atom. The van der Waals surface area contributed by atoms with Crippen molar-refractivity contribution in [1.29, 1.82) is 0 Å². The van der Waals surface area contributed by atoms with Gasteiger partial charge in [0.2, 0.25) is 0 Å². The van der Waals surface area contributed by atoms with Crippen molar-refractivity contribution in [1.82, 2.24) is 15.0 Å². The SMILES string of the molecule is CCOc1ccc(-c2nc(-c3ccc(C)cc3)nc(-c3ccc(C)cc3)n2)c(O)c1. The van der Waals surface area contributed by atoms with Gasteiger partial charge in [0.05, 0.1) is 12.2 Å². The van der Waals surface area contributed by atoms with Crippen LogP contribution in [0.15, 0.2) is 66.7 Å². The van der Waals surface area contributed by atoms with Crippen molar-refractivity contribution in [3.8, 4) is 45.7 Å². The maximum Gasteiger partial charge on any atom is 0.167 e. The Hall–Kier alpha value is -3.73. The van der Waals surface area contributed by atoms with Gasteiger partial charge in [-0.2, -0.15) is 0 Å². The quantitative estimate of drug-likeness (QED) is 0.475. The Kier molecular flexibility index (Phi) is 5.44. The van der Waals surface area contributed by atoms with E-state index in [4.69, 9.17) is 9.72 Å². The third-order valence-corrected chi connectivity index (χ3v) is 4.78. The Labute approximate surface area is 176 Å². The van der Waals surface area contributed by atoms with Gasteiger partial charge in [-0.1, -0.05) is 59.7 Å². The molecule has 1 heterocycles. The Morgan fingerprint density at radius 2 is 1.20 bits per heavy atom. The maximum atomic E-state index is 10.6. The van der Waals surface area contributed by atoms with Crippen molar-refractivity contribution in [2.75, 3.05) is 6.61 Å². The number of benzene rings is 3. The Bertz CT molecular complexity index is 1110. The predicted molar refractivity (Wildman–Crippen MR) is 118 cm³/mol. The van der Waals surface area contributed by atoms with Crippen LogP contribution in [0.4, 0.5) is 0 Å². The molecule has 5 heteroatoms. The molecule has 0 aliphatic heterocycles. The minimum absolute atomic E-state index is 0.0665. The molecule has 0 amide bonds. The summed E-state index contributed by atoms with van der Waals surface area (Å²) in [5, 5.41) is 10.6. The average molecular weight is 397 g/mol. The van der Waals surface area contributed by atoms with Gasteiger partial charge in [0.1, 0.15) is 11.5 Å². The summed E-state index contributed by atoms with van der Waals surface area (Å²) in [6.07, 6.45) is 0. The molecule has 0 fully saturated rings. The normalized spacial score (nSPS) is 10.8. The van der Waals surface area contributed by atoms with Crippen LogP contribution in [0, 0.1) is 13.8 Å². The number of rotatable bonds is 5. The fourth-order valence-corrected chi connectivity index (χ4v) is 3.12. The second kappa shape index (κ2) is 8.33. The lowest BCUT2D eigenvalue weighted by atomic mass is 10.1. The van der Waals surface area contributed by atoms with E-state index >= 15 is 0 Å². The molecule has 0 bridgehead atoms. The molecule has 0 unspecified atom stereocenters. The molecule has 0 aliphatic rings. The fourth-order valence-electron chi connectivity index (χ4n) is 3.12.